The number of halogens is 4. The number of aromatic nitrogens is 6. The van der Waals surface area contributed by atoms with Crippen molar-refractivity contribution in [2.45, 2.75) is 13.0 Å². The van der Waals surface area contributed by atoms with Crippen molar-refractivity contribution in [3.8, 4) is 28.9 Å². The Hall–Kier alpha value is -4.45. The Kier molecular flexibility index (Phi) is 6.25. The minimum atomic E-state index is -0.778. The summed E-state index contributed by atoms with van der Waals surface area (Å²) in [6.45, 7) is -0.129. The zero-order valence-electron chi connectivity index (χ0n) is 18.1. The molecule has 0 aliphatic heterocycles. The summed E-state index contributed by atoms with van der Waals surface area (Å²) in [6, 6.07) is 10.8. The van der Waals surface area contributed by atoms with E-state index in [1.807, 2.05) is 0 Å². The van der Waals surface area contributed by atoms with E-state index in [0.717, 1.165) is 18.2 Å². The molecule has 3 heterocycles. The van der Waals surface area contributed by atoms with E-state index in [4.69, 9.17) is 20.8 Å². The number of aromatic amines is 2. The van der Waals surface area contributed by atoms with Crippen molar-refractivity contribution in [1.82, 2.24) is 30.4 Å². The van der Waals surface area contributed by atoms with Crippen molar-refractivity contribution in [3.05, 3.63) is 98.5 Å². The third-order valence-corrected chi connectivity index (χ3v) is 5.28. The molecule has 2 aromatic carbocycles. The van der Waals surface area contributed by atoms with E-state index in [9.17, 15) is 18.0 Å². The van der Waals surface area contributed by atoms with Crippen LogP contribution >= 0.6 is 11.6 Å². The standard InChI is InChI=1S/C23H14ClF3N6O3/c24-13-5-4-11(15(25)8-13)10-35-20-3-1-2-18(28-20)14-9-16(26)12(6-17(14)27)7-19-29-21(31-30-19)22-32-33-23(34)36-22/h1-6,8-9H,7,10H2,(H,33,34)(H,29,30,31). The lowest BCUT2D eigenvalue weighted by atomic mass is 10.0. The van der Waals surface area contributed by atoms with Gasteiger partial charge in [-0.1, -0.05) is 23.7 Å². The second kappa shape index (κ2) is 9.66. The predicted octanol–water partition coefficient (Wildman–Crippen LogP) is 4.45. The van der Waals surface area contributed by atoms with E-state index in [0.29, 0.717) is 0 Å². The number of benzene rings is 2. The van der Waals surface area contributed by atoms with Gasteiger partial charge in [-0.05, 0) is 35.9 Å². The number of hydrogen-bond acceptors (Lipinski definition) is 7. The van der Waals surface area contributed by atoms with Crippen LogP contribution in [0.15, 0.2) is 57.7 Å². The molecule has 3 aromatic heterocycles. The Morgan fingerprint density at radius 3 is 2.53 bits per heavy atom. The molecule has 0 amide bonds. The molecule has 5 rings (SSSR count). The summed E-state index contributed by atoms with van der Waals surface area (Å²) in [5.74, 6) is -2.59. The van der Waals surface area contributed by atoms with Crippen LogP contribution < -0.4 is 10.5 Å². The quantitative estimate of drug-likeness (QED) is 0.329. The van der Waals surface area contributed by atoms with Gasteiger partial charge in [0.15, 0.2) is 0 Å². The molecule has 182 valence electrons. The zero-order valence-corrected chi connectivity index (χ0v) is 18.8. The Labute approximate surface area is 205 Å². The number of rotatable bonds is 7. The monoisotopic (exact) mass is 514 g/mol. The van der Waals surface area contributed by atoms with Gasteiger partial charge in [0, 0.05) is 28.6 Å². The minimum Gasteiger partial charge on any atom is -0.473 e. The van der Waals surface area contributed by atoms with E-state index in [-0.39, 0.29) is 63.9 Å². The molecule has 0 fully saturated rings. The van der Waals surface area contributed by atoms with Gasteiger partial charge in [-0.25, -0.2) is 33.0 Å². The van der Waals surface area contributed by atoms with Gasteiger partial charge in [0.2, 0.25) is 11.7 Å². The van der Waals surface area contributed by atoms with Crippen LogP contribution in [0.25, 0.3) is 23.0 Å². The van der Waals surface area contributed by atoms with Crippen molar-refractivity contribution >= 4 is 11.6 Å². The Balaban J connectivity index is 1.33. The Bertz CT molecular complexity index is 1620. The zero-order chi connectivity index (χ0) is 25.2. The van der Waals surface area contributed by atoms with E-state index >= 15 is 0 Å². The molecular weight excluding hydrogens is 501 g/mol. The normalized spacial score (nSPS) is 11.1. The number of nitrogens with one attached hydrogen (secondary N) is 2. The molecule has 2 N–H and O–H groups in total. The molecule has 0 radical (unpaired) electrons. The molecule has 0 bridgehead atoms. The maximum Gasteiger partial charge on any atom is 0.434 e. The van der Waals surface area contributed by atoms with Crippen LogP contribution in [0.3, 0.4) is 0 Å². The molecule has 36 heavy (non-hydrogen) atoms. The number of H-pyrrole nitrogens is 2. The summed E-state index contributed by atoms with van der Waals surface area (Å²) in [6.07, 6.45) is -0.117. The first-order chi connectivity index (χ1) is 17.4. The van der Waals surface area contributed by atoms with Crippen LogP contribution in [0.4, 0.5) is 13.2 Å². The fourth-order valence-electron chi connectivity index (χ4n) is 3.33. The lowest BCUT2D eigenvalue weighted by Crippen LogP contribution is -2.01. The van der Waals surface area contributed by atoms with Crippen molar-refractivity contribution in [1.29, 1.82) is 0 Å². The van der Waals surface area contributed by atoms with Gasteiger partial charge in [-0.2, -0.15) is 0 Å². The number of ether oxygens (including phenoxy) is 1. The maximum absolute atomic E-state index is 14.9. The fraction of sp³-hybridized carbons (Fsp3) is 0.0870. The minimum absolute atomic E-state index is 0.00745. The molecular formula is C23H14ClF3N6O3. The van der Waals surface area contributed by atoms with Crippen LogP contribution in [-0.2, 0) is 13.0 Å². The lowest BCUT2D eigenvalue weighted by Gasteiger charge is -2.10. The summed E-state index contributed by atoms with van der Waals surface area (Å²) in [7, 11) is 0. The first-order valence-corrected chi connectivity index (χ1v) is 10.7. The summed E-state index contributed by atoms with van der Waals surface area (Å²) < 4.78 is 54.1. The largest absolute Gasteiger partial charge is 0.473 e. The molecule has 0 aliphatic rings. The molecule has 5 aromatic rings. The molecule has 13 heteroatoms. The third-order valence-electron chi connectivity index (χ3n) is 5.05. The highest BCUT2D eigenvalue weighted by molar-refractivity contribution is 6.30. The van der Waals surface area contributed by atoms with Crippen LogP contribution in [0.5, 0.6) is 5.88 Å². The van der Waals surface area contributed by atoms with Gasteiger partial charge >= 0.3 is 5.76 Å². The van der Waals surface area contributed by atoms with Crippen molar-refractivity contribution in [3.63, 3.8) is 0 Å². The van der Waals surface area contributed by atoms with Crippen LogP contribution in [0.1, 0.15) is 17.0 Å². The van der Waals surface area contributed by atoms with E-state index in [1.165, 1.54) is 24.3 Å². The number of pyridine rings is 1. The molecule has 0 saturated carbocycles. The third kappa shape index (κ3) is 4.98. The average molecular weight is 515 g/mol. The van der Waals surface area contributed by atoms with Gasteiger partial charge in [0.05, 0.1) is 5.69 Å². The van der Waals surface area contributed by atoms with Gasteiger partial charge in [-0.15, -0.1) is 10.2 Å². The molecule has 0 saturated heterocycles. The highest BCUT2D eigenvalue weighted by atomic mass is 35.5. The maximum atomic E-state index is 14.9. The summed E-state index contributed by atoms with van der Waals surface area (Å²) >= 11 is 5.75. The van der Waals surface area contributed by atoms with Gasteiger partial charge in [0.1, 0.15) is 29.9 Å². The van der Waals surface area contributed by atoms with Crippen molar-refractivity contribution in [2.75, 3.05) is 0 Å². The fourth-order valence-corrected chi connectivity index (χ4v) is 3.49. The van der Waals surface area contributed by atoms with Gasteiger partial charge in [-0.3, -0.25) is 5.10 Å². The second-order valence-corrected chi connectivity index (χ2v) is 7.95. The van der Waals surface area contributed by atoms with E-state index < -0.39 is 23.2 Å². The van der Waals surface area contributed by atoms with E-state index in [1.54, 1.807) is 6.07 Å². The lowest BCUT2D eigenvalue weighted by molar-refractivity contribution is 0.288. The predicted molar refractivity (Wildman–Crippen MR) is 121 cm³/mol. The van der Waals surface area contributed by atoms with E-state index in [2.05, 4.69) is 30.4 Å². The van der Waals surface area contributed by atoms with Gasteiger partial charge < -0.3 is 9.15 Å². The SMILES string of the molecule is O=c1[nH]nc(-c2n[nH]c(Cc3cc(F)c(-c4cccc(OCc5ccc(Cl)cc5F)n4)cc3F)n2)o1. The molecule has 0 atom stereocenters. The number of nitrogens with zero attached hydrogens (tertiary/aromatic N) is 4. The molecule has 9 nitrogen and oxygen atoms in total. The Morgan fingerprint density at radius 1 is 0.917 bits per heavy atom. The van der Waals surface area contributed by atoms with Crippen LogP contribution in [0, 0.1) is 17.5 Å². The molecule has 0 aliphatic carbocycles. The summed E-state index contributed by atoms with van der Waals surface area (Å²) in [5, 5.41) is 12.4. The second-order valence-electron chi connectivity index (χ2n) is 7.51. The first-order valence-electron chi connectivity index (χ1n) is 10.3. The highest BCUT2D eigenvalue weighted by Gasteiger charge is 2.17. The smallest absolute Gasteiger partial charge is 0.434 e. The molecule has 0 spiro atoms. The highest BCUT2D eigenvalue weighted by Crippen LogP contribution is 2.27. The van der Waals surface area contributed by atoms with Crippen molar-refractivity contribution in [2.24, 2.45) is 0 Å². The van der Waals surface area contributed by atoms with Crippen LogP contribution in [-0.4, -0.2) is 30.4 Å². The topological polar surface area (TPSA) is 123 Å². The first kappa shape index (κ1) is 23.3. The van der Waals surface area contributed by atoms with Crippen LogP contribution in [0.2, 0.25) is 5.02 Å². The summed E-state index contributed by atoms with van der Waals surface area (Å²) in [4.78, 5) is 19.3. The Morgan fingerprint density at radius 2 is 1.75 bits per heavy atom. The average Bonchev–Trinajstić information content (AvgIpc) is 3.50. The van der Waals surface area contributed by atoms with Crippen molar-refractivity contribution < 1.29 is 22.3 Å². The molecule has 0 unspecified atom stereocenters. The van der Waals surface area contributed by atoms with Gasteiger partial charge in [0.25, 0.3) is 5.89 Å². The number of hydrogen-bond donors (Lipinski definition) is 2. The summed E-state index contributed by atoms with van der Waals surface area (Å²) in [5.41, 5.74) is 0.310.